The van der Waals surface area contributed by atoms with Crippen LogP contribution < -0.4 is 0 Å². The molecule has 1 N–H and O–H groups in total. The zero-order valence-electron chi connectivity index (χ0n) is 17.2. The predicted molar refractivity (Wildman–Crippen MR) is 121 cm³/mol. The standard InChI is InChI=1S/C27H25NO3/c1-2-12-23-24(29)19-28(25(23)26(30)31)27(20-13-6-3-7-14-20,21-15-8-4-9-16-21)22-17-10-5-11-18-22/h2-11,13-18,23,25H,1,12,19H2,(H,30,31)/t23-,25+/m0/s1. The second kappa shape index (κ2) is 8.70. The fourth-order valence-electron chi connectivity index (χ4n) is 4.88. The molecule has 3 aromatic carbocycles. The summed E-state index contributed by atoms with van der Waals surface area (Å²) in [6.45, 7) is 3.80. The van der Waals surface area contributed by atoms with Crippen LogP contribution in [-0.2, 0) is 15.1 Å². The second-order valence-electron chi connectivity index (χ2n) is 7.82. The molecule has 4 heteroatoms. The van der Waals surface area contributed by atoms with E-state index < -0.39 is 23.5 Å². The van der Waals surface area contributed by atoms with E-state index in [0.29, 0.717) is 6.42 Å². The SMILES string of the molecule is C=CC[C@H]1C(=O)CN(C(c2ccccc2)(c2ccccc2)c2ccccc2)[C@H]1C(=O)O. The summed E-state index contributed by atoms with van der Waals surface area (Å²) in [5.74, 6) is -1.70. The molecule has 0 spiro atoms. The highest BCUT2D eigenvalue weighted by molar-refractivity contribution is 5.93. The van der Waals surface area contributed by atoms with Crippen molar-refractivity contribution in [3.05, 3.63) is 120 Å². The Morgan fingerprint density at radius 2 is 1.32 bits per heavy atom. The molecule has 1 fully saturated rings. The number of allylic oxidation sites excluding steroid dienone is 1. The lowest BCUT2D eigenvalue weighted by Gasteiger charge is -2.45. The van der Waals surface area contributed by atoms with Crippen LogP contribution >= 0.6 is 0 Å². The van der Waals surface area contributed by atoms with Gasteiger partial charge in [0.05, 0.1) is 12.1 Å². The number of aliphatic carboxylic acids is 1. The van der Waals surface area contributed by atoms with E-state index in [1.807, 2.05) is 95.9 Å². The van der Waals surface area contributed by atoms with Gasteiger partial charge in [-0.2, -0.15) is 0 Å². The highest BCUT2D eigenvalue weighted by Gasteiger charge is 2.55. The van der Waals surface area contributed by atoms with Crippen LogP contribution in [0, 0.1) is 5.92 Å². The molecule has 1 aliphatic rings. The maximum atomic E-state index is 13.1. The summed E-state index contributed by atoms with van der Waals surface area (Å²) in [5, 5.41) is 10.3. The summed E-state index contributed by atoms with van der Waals surface area (Å²) in [7, 11) is 0. The first kappa shape index (κ1) is 20.8. The maximum Gasteiger partial charge on any atom is 0.321 e. The zero-order chi connectivity index (χ0) is 21.8. The number of carboxylic acids is 1. The number of hydrogen-bond acceptors (Lipinski definition) is 3. The Bertz CT molecular complexity index is 967. The van der Waals surface area contributed by atoms with Gasteiger partial charge in [-0.05, 0) is 23.1 Å². The number of carbonyl (C=O) groups is 2. The van der Waals surface area contributed by atoms with E-state index in [0.717, 1.165) is 16.7 Å². The van der Waals surface area contributed by atoms with Crippen LogP contribution in [0.3, 0.4) is 0 Å². The lowest BCUT2D eigenvalue weighted by Crippen LogP contribution is -2.54. The van der Waals surface area contributed by atoms with Gasteiger partial charge in [-0.3, -0.25) is 14.5 Å². The van der Waals surface area contributed by atoms with Gasteiger partial charge < -0.3 is 5.11 Å². The van der Waals surface area contributed by atoms with Crippen molar-refractivity contribution in [2.75, 3.05) is 6.54 Å². The Morgan fingerprint density at radius 3 is 1.68 bits per heavy atom. The van der Waals surface area contributed by atoms with E-state index in [4.69, 9.17) is 0 Å². The van der Waals surface area contributed by atoms with Crippen molar-refractivity contribution >= 4 is 11.8 Å². The molecular weight excluding hydrogens is 386 g/mol. The molecule has 4 nitrogen and oxygen atoms in total. The second-order valence-corrected chi connectivity index (χ2v) is 7.82. The van der Waals surface area contributed by atoms with E-state index in [9.17, 15) is 14.7 Å². The van der Waals surface area contributed by atoms with Crippen molar-refractivity contribution in [1.82, 2.24) is 4.90 Å². The smallest absolute Gasteiger partial charge is 0.321 e. The van der Waals surface area contributed by atoms with Crippen LogP contribution in [0.15, 0.2) is 104 Å². The number of likely N-dealkylation sites (tertiary alicyclic amines) is 1. The normalized spacial score (nSPS) is 19.3. The van der Waals surface area contributed by atoms with E-state index in [-0.39, 0.29) is 12.3 Å². The first-order valence-corrected chi connectivity index (χ1v) is 10.4. The molecule has 156 valence electrons. The first-order valence-electron chi connectivity index (χ1n) is 10.4. The number of hydrogen-bond donors (Lipinski definition) is 1. The Kier molecular flexibility index (Phi) is 5.83. The van der Waals surface area contributed by atoms with Gasteiger partial charge in [-0.25, -0.2) is 0 Å². The van der Waals surface area contributed by atoms with Crippen LogP contribution in [0.25, 0.3) is 0 Å². The Labute approximate surface area is 182 Å². The molecule has 1 saturated heterocycles. The monoisotopic (exact) mass is 411 g/mol. The maximum absolute atomic E-state index is 13.1. The predicted octanol–water partition coefficient (Wildman–Crippen LogP) is 4.51. The third kappa shape index (κ3) is 3.49. The largest absolute Gasteiger partial charge is 0.480 e. The number of carboxylic acid groups (broad SMARTS) is 1. The minimum atomic E-state index is -0.995. The highest BCUT2D eigenvalue weighted by atomic mass is 16.4. The Balaban J connectivity index is 2.06. The molecule has 4 rings (SSSR count). The van der Waals surface area contributed by atoms with Gasteiger partial charge in [-0.1, -0.05) is 97.1 Å². The molecule has 1 heterocycles. The first-order chi connectivity index (χ1) is 15.1. The van der Waals surface area contributed by atoms with E-state index in [1.165, 1.54) is 0 Å². The van der Waals surface area contributed by atoms with Gasteiger partial charge in [0.15, 0.2) is 5.78 Å². The third-order valence-electron chi connectivity index (χ3n) is 6.14. The van der Waals surface area contributed by atoms with Gasteiger partial charge in [0.25, 0.3) is 0 Å². The average Bonchev–Trinajstić information content (AvgIpc) is 3.13. The molecule has 2 atom stereocenters. The van der Waals surface area contributed by atoms with Crippen LogP contribution in [-0.4, -0.2) is 34.3 Å². The lowest BCUT2D eigenvalue weighted by molar-refractivity contribution is -0.145. The molecule has 0 unspecified atom stereocenters. The van der Waals surface area contributed by atoms with Gasteiger partial charge in [0, 0.05) is 5.92 Å². The molecular formula is C27H25NO3. The summed E-state index contributed by atoms with van der Waals surface area (Å²) >= 11 is 0. The topological polar surface area (TPSA) is 57.6 Å². The van der Waals surface area contributed by atoms with Crippen LogP contribution in [0.1, 0.15) is 23.1 Å². The molecule has 3 aromatic rings. The van der Waals surface area contributed by atoms with Crippen LogP contribution in [0.5, 0.6) is 0 Å². The molecule has 0 bridgehead atoms. The van der Waals surface area contributed by atoms with Gasteiger partial charge in [0.1, 0.15) is 6.04 Å². The summed E-state index contributed by atoms with van der Waals surface area (Å²) in [6, 6.07) is 28.6. The summed E-state index contributed by atoms with van der Waals surface area (Å²) in [4.78, 5) is 27.5. The summed E-state index contributed by atoms with van der Waals surface area (Å²) in [5.41, 5.74) is 1.83. The minimum absolute atomic E-state index is 0.0498. The van der Waals surface area contributed by atoms with Crippen molar-refractivity contribution < 1.29 is 14.7 Å². The highest BCUT2D eigenvalue weighted by Crippen LogP contribution is 2.46. The molecule has 0 aromatic heterocycles. The third-order valence-corrected chi connectivity index (χ3v) is 6.14. The number of ketones is 1. The quantitative estimate of drug-likeness (QED) is 0.459. The van der Waals surface area contributed by atoms with E-state index in [1.54, 1.807) is 6.08 Å². The molecule has 0 amide bonds. The van der Waals surface area contributed by atoms with Crippen LogP contribution in [0.4, 0.5) is 0 Å². The molecule has 31 heavy (non-hydrogen) atoms. The van der Waals surface area contributed by atoms with Crippen molar-refractivity contribution in [2.24, 2.45) is 5.92 Å². The van der Waals surface area contributed by atoms with Crippen molar-refractivity contribution in [1.29, 1.82) is 0 Å². The summed E-state index contributed by atoms with van der Waals surface area (Å²) in [6.07, 6.45) is 1.97. The van der Waals surface area contributed by atoms with E-state index in [2.05, 4.69) is 6.58 Å². The summed E-state index contributed by atoms with van der Waals surface area (Å²) < 4.78 is 0. The lowest BCUT2D eigenvalue weighted by atomic mass is 9.75. The van der Waals surface area contributed by atoms with Gasteiger partial charge in [-0.15, -0.1) is 6.58 Å². The van der Waals surface area contributed by atoms with Gasteiger partial charge in [0.2, 0.25) is 0 Å². The molecule has 0 aliphatic carbocycles. The number of Topliss-reactive ketones (excluding diaryl/α,β-unsaturated/α-hetero) is 1. The van der Waals surface area contributed by atoms with Crippen molar-refractivity contribution in [2.45, 2.75) is 18.0 Å². The van der Waals surface area contributed by atoms with Gasteiger partial charge >= 0.3 is 5.97 Å². The zero-order valence-corrected chi connectivity index (χ0v) is 17.2. The number of carbonyl (C=O) groups excluding carboxylic acids is 1. The Morgan fingerprint density at radius 1 is 0.903 bits per heavy atom. The number of benzene rings is 3. The van der Waals surface area contributed by atoms with Crippen LogP contribution in [0.2, 0.25) is 0 Å². The Hall–Kier alpha value is -3.50. The molecule has 1 aliphatic heterocycles. The van der Waals surface area contributed by atoms with E-state index >= 15 is 0 Å². The fourth-order valence-corrected chi connectivity index (χ4v) is 4.88. The van der Waals surface area contributed by atoms with Crippen molar-refractivity contribution in [3.8, 4) is 0 Å². The van der Waals surface area contributed by atoms with Crippen molar-refractivity contribution in [3.63, 3.8) is 0 Å². The molecule has 0 radical (unpaired) electrons. The molecule has 0 saturated carbocycles. The average molecular weight is 412 g/mol. The minimum Gasteiger partial charge on any atom is -0.480 e. The number of nitrogens with zero attached hydrogens (tertiary/aromatic N) is 1. The number of rotatable bonds is 7. The fraction of sp³-hybridized carbons (Fsp3) is 0.185.